The van der Waals surface area contributed by atoms with Gasteiger partial charge in [0.25, 0.3) is 5.89 Å². The predicted octanol–water partition coefficient (Wildman–Crippen LogP) is 2.15. The molecule has 2 aliphatic heterocycles. The van der Waals surface area contributed by atoms with Crippen molar-refractivity contribution < 1.29 is 14.1 Å². The van der Waals surface area contributed by atoms with Crippen LogP contribution in [0.4, 0.5) is 0 Å². The molecule has 1 atom stereocenters. The first-order valence-corrected chi connectivity index (χ1v) is 9.11. The molecule has 0 bridgehead atoms. The van der Waals surface area contributed by atoms with Gasteiger partial charge in [0, 0.05) is 20.2 Å². The number of methoxy groups -OCH3 is 1. The number of rotatable bonds is 5. The fraction of sp³-hybridized carbons (Fsp3) is 0.824. The van der Waals surface area contributed by atoms with Crippen molar-refractivity contribution in [1.29, 1.82) is 0 Å². The second kappa shape index (κ2) is 8.58. The summed E-state index contributed by atoms with van der Waals surface area (Å²) >= 11 is 0. The summed E-state index contributed by atoms with van der Waals surface area (Å²) in [6.45, 7) is 3.50. The quantitative estimate of drug-likeness (QED) is 0.820. The second-order valence-corrected chi connectivity index (χ2v) is 6.76. The summed E-state index contributed by atoms with van der Waals surface area (Å²) in [6, 6.07) is 0.0654. The van der Waals surface area contributed by atoms with Crippen LogP contribution in [-0.2, 0) is 16.1 Å². The van der Waals surface area contributed by atoms with E-state index in [4.69, 9.17) is 9.26 Å². The molecular weight excluding hydrogens is 308 g/mol. The van der Waals surface area contributed by atoms with Crippen molar-refractivity contribution in [2.45, 2.75) is 57.6 Å². The van der Waals surface area contributed by atoms with E-state index in [2.05, 4.69) is 15.0 Å². The number of piperidine rings is 1. The largest absolute Gasteiger partial charge is 0.375 e. The van der Waals surface area contributed by atoms with Crippen LogP contribution in [-0.4, -0.2) is 59.1 Å². The van der Waals surface area contributed by atoms with Crippen LogP contribution < -0.4 is 0 Å². The van der Waals surface area contributed by atoms with Gasteiger partial charge < -0.3 is 14.2 Å². The van der Waals surface area contributed by atoms with Gasteiger partial charge in [-0.15, -0.1) is 0 Å². The smallest absolute Gasteiger partial charge is 0.252 e. The van der Waals surface area contributed by atoms with Gasteiger partial charge in [0.2, 0.25) is 5.91 Å². The Balaban J connectivity index is 1.68. The minimum atomic E-state index is 0.0654. The summed E-state index contributed by atoms with van der Waals surface area (Å²) in [4.78, 5) is 21.4. The lowest BCUT2D eigenvalue weighted by Gasteiger charge is -2.32. The van der Waals surface area contributed by atoms with Crippen LogP contribution in [0.25, 0.3) is 0 Å². The Labute approximate surface area is 143 Å². The molecule has 7 heteroatoms. The Kier molecular flexibility index (Phi) is 6.20. The van der Waals surface area contributed by atoms with Crippen molar-refractivity contribution >= 4 is 5.91 Å². The van der Waals surface area contributed by atoms with Gasteiger partial charge in [0.15, 0.2) is 5.82 Å². The minimum absolute atomic E-state index is 0.0654. The summed E-state index contributed by atoms with van der Waals surface area (Å²) < 4.78 is 10.3. The number of aromatic nitrogens is 2. The molecule has 0 aliphatic carbocycles. The van der Waals surface area contributed by atoms with E-state index in [9.17, 15) is 4.79 Å². The van der Waals surface area contributed by atoms with E-state index in [0.717, 1.165) is 51.7 Å². The lowest BCUT2D eigenvalue weighted by Crippen LogP contribution is -2.44. The highest BCUT2D eigenvalue weighted by molar-refractivity contribution is 5.78. The molecule has 0 saturated carbocycles. The first-order valence-electron chi connectivity index (χ1n) is 9.11. The van der Waals surface area contributed by atoms with Crippen LogP contribution >= 0.6 is 0 Å². The highest BCUT2D eigenvalue weighted by Crippen LogP contribution is 2.28. The van der Waals surface area contributed by atoms with Gasteiger partial charge in [-0.2, -0.15) is 4.98 Å². The molecule has 2 fully saturated rings. The van der Waals surface area contributed by atoms with E-state index in [1.165, 1.54) is 12.8 Å². The first kappa shape index (κ1) is 17.4. The van der Waals surface area contributed by atoms with Crippen molar-refractivity contribution in [1.82, 2.24) is 19.9 Å². The van der Waals surface area contributed by atoms with Gasteiger partial charge in [-0.3, -0.25) is 9.69 Å². The van der Waals surface area contributed by atoms with Gasteiger partial charge >= 0.3 is 0 Å². The molecule has 0 N–H and O–H groups in total. The van der Waals surface area contributed by atoms with Gasteiger partial charge in [0.1, 0.15) is 6.61 Å². The molecule has 3 heterocycles. The number of likely N-dealkylation sites (tertiary alicyclic amines) is 2. The van der Waals surface area contributed by atoms with Crippen LogP contribution in [0.1, 0.15) is 62.7 Å². The van der Waals surface area contributed by atoms with Crippen molar-refractivity contribution in [2.24, 2.45) is 0 Å². The van der Waals surface area contributed by atoms with E-state index in [1.54, 1.807) is 7.11 Å². The molecule has 1 amide bonds. The van der Waals surface area contributed by atoms with E-state index >= 15 is 0 Å². The van der Waals surface area contributed by atoms with Crippen LogP contribution in [0.3, 0.4) is 0 Å². The average Bonchev–Trinajstić information content (AvgIpc) is 2.94. The monoisotopic (exact) mass is 336 g/mol. The normalized spacial score (nSPS) is 23.2. The van der Waals surface area contributed by atoms with Crippen molar-refractivity contribution in [2.75, 3.05) is 33.3 Å². The molecule has 24 heavy (non-hydrogen) atoms. The Bertz CT molecular complexity index is 528. The molecule has 7 nitrogen and oxygen atoms in total. The lowest BCUT2D eigenvalue weighted by molar-refractivity contribution is -0.134. The molecule has 1 aromatic heterocycles. The second-order valence-electron chi connectivity index (χ2n) is 6.76. The maximum Gasteiger partial charge on any atom is 0.252 e. The van der Waals surface area contributed by atoms with Gasteiger partial charge in [-0.25, -0.2) is 0 Å². The predicted molar refractivity (Wildman–Crippen MR) is 88.2 cm³/mol. The van der Waals surface area contributed by atoms with E-state index in [-0.39, 0.29) is 11.9 Å². The number of carbonyl (C=O) groups is 1. The average molecular weight is 336 g/mol. The van der Waals surface area contributed by atoms with Gasteiger partial charge in [-0.05, 0) is 38.6 Å². The number of hydrogen-bond donors (Lipinski definition) is 0. The summed E-state index contributed by atoms with van der Waals surface area (Å²) in [5, 5.41) is 4.14. The number of carbonyl (C=O) groups excluding carboxylic acids is 1. The first-order chi connectivity index (χ1) is 11.8. The summed E-state index contributed by atoms with van der Waals surface area (Å²) in [5.74, 6) is 1.43. The van der Waals surface area contributed by atoms with E-state index in [1.807, 2.05) is 4.90 Å². The Hall–Kier alpha value is -1.47. The van der Waals surface area contributed by atoms with Crippen LogP contribution in [0.5, 0.6) is 0 Å². The molecule has 3 rings (SSSR count). The zero-order chi connectivity index (χ0) is 16.8. The fourth-order valence-electron chi connectivity index (χ4n) is 3.65. The third-order valence-electron chi connectivity index (χ3n) is 4.96. The molecule has 0 spiro atoms. The van der Waals surface area contributed by atoms with Gasteiger partial charge in [-0.1, -0.05) is 18.0 Å². The zero-order valence-electron chi connectivity index (χ0n) is 14.6. The molecule has 2 aliphatic rings. The van der Waals surface area contributed by atoms with E-state index < -0.39 is 0 Å². The van der Waals surface area contributed by atoms with Crippen LogP contribution in [0.2, 0.25) is 0 Å². The summed E-state index contributed by atoms with van der Waals surface area (Å²) in [7, 11) is 1.61. The highest BCUT2D eigenvalue weighted by atomic mass is 16.5. The lowest BCUT2D eigenvalue weighted by atomic mass is 10.1. The van der Waals surface area contributed by atoms with Crippen molar-refractivity contribution in [3.8, 4) is 0 Å². The van der Waals surface area contributed by atoms with E-state index in [0.29, 0.717) is 24.9 Å². The zero-order valence-corrected chi connectivity index (χ0v) is 14.6. The Morgan fingerprint density at radius 3 is 2.71 bits per heavy atom. The molecular formula is C17H28N4O3. The summed E-state index contributed by atoms with van der Waals surface area (Å²) in [5.41, 5.74) is 0. The third kappa shape index (κ3) is 4.33. The SMILES string of the molecule is COCc1nc([C@@H]2CCCCCN2CC(=O)N2CCCCC2)no1. The maximum absolute atomic E-state index is 12.7. The van der Waals surface area contributed by atoms with Crippen LogP contribution in [0.15, 0.2) is 4.52 Å². The highest BCUT2D eigenvalue weighted by Gasteiger charge is 2.29. The van der Waals surface area contributed by atoms with Gasteiger partial charge in [0.05, 0.1) is 12.6 Å². The summed E-state index contributed by atoms with van der Waals surface area (Å²) in [6.07, 6.45) is 7.90. The molecule has 2 saturated heterocycles. The number of ether oxygens (including phenoxy) is 1. The number of amides is 1. The Morgan fingerprint density at radius 1 is 1.17 bits per heavy atom. The Morgan fingerprint density at radius 2 is 1.92 bits per heavy atom. The standard InChI is InChI=1S/C17H28N4O3/c1-23-13-15-18-17(19-24-15)14-8-4-2-5-11-21(14)12-16(22)20-9-6-3-7-10-20/h14H,2-13H2,1H3/t14-/m0/s1. The molecule has 0 aromatic carbocycles. The molecule has 1 aromatic rings. The van der Waals surface area contributed by atoms with Crippen molar-refractivity contribution in [3.05, 3.63) is 11.7 Å². The fourth-order valence-corrected chi connectivity index (χ4v) is 3.65. The third-order valence-corrected chi connectivity index (χ3v) is 4.96. The molecule has 0 radical (unpaired) electrons. The number of hydrogen-bond acceptors (Lipinski definition) is 6. The molecule has 0 unspecified atom stereocenters. The molecule has 134 valence electrons. The topological polar surface area (TPSA) is 71.7 Å². The number of nitrogens with zero attached hydrogens (tertiary/aromatic N) is 4. The minimum Gasteiger partial charge on any atom is -0.375 e. The van der Waals surface area contributed by atoms with Crippen LogP contribution in [0, 0.1) is 0 Å². The van der Waals surface area contributed by atoms with Crippen molar-refractivity contribution in [3.63, 3.8) is 0 Å². The maximum atomic E-state index is 12.7.